The van der Waals surface area contributed by atoms with Crippen LogP contribution in [-0.4, -0.2) is 0 Å². The van der Waals surface area contributed by atoms with Crippen LogP contribution >= 0.6 is 0 Å². The minimum absolute atomic E-state index is 0.848. The zero-order valence-corrected chi connectivity index (χ0v) is 5.80. The molecule has 0 aliphatic rings. The summed E-state index contributed by atoms with van der Waals surface area (Å²) in [4.78, 5) is 0. The third kappa shape index (κ3) is 3.59. The lowest BCUT2D eigenvalue weighted by molar-refractivity contribution is 1.26. The first-order valence-electron chi connectivity index (χ1n) is 2.99. The predicted molar refractivity (Wildman–Crippen MR) is 41.9 cm³/mol. The first-order chi connectivity index (χ1) is 4.35. The molecule has 0 amide bonds. The van der Waals surface area contributed by atoms with Crippen molar-refractivity contribution in [3.8, 4) is 0 Å². The number of hydrogen-bond donors (Lipinski definition) is 1. The molecule has 0 aliphatic heterocycles. The highest BCUT2D eigenvalue weighted by atomic mass is 14.5. The first-order valence-corrected chi connectivity index (χ1v) is 2.99. The van der Waals surface area contributed by atoms with Crippen molar-refractivity contribution in [2.24, 2.45) is 5.73 Å². The van der Waals surface area contributed by atoms with Crippen molar-refractivity contribution in [2.75, 3.05) is 0 Å². The van der Waals surface area contributed by atoms with Gasteiger partial charge >= 0.3 is 0 Å². The topological polar surface area (TPSA) is 26.0 Å². The number of hydrogen-bond acceptors (Lipinski definition) is 1. The molecule has 0 saturated carbocycles. The third-order valence-corrected chi connectivity index (χ3v) is 0.975. The standard InChI is InChI=1S/C8H13N/c1-3-5-8(7-9)6-4-2/h3-4,6-7H,1,5,9H2,2H3/b6-4-,8-7-. The van der Waals surface area contributed by atoms with E-state index in [4.69, 9.17) is 5.73 Å². The zero-order valence-electron chi connectivity index (χ0n) is 5.80. The molecule has 0 aromatic rings. The van der Waals surface area contributed by atoms with Gasteiger partial charge in [-0.15, -0.1) is 6.58 Å². The Balaban J connectivity index is 3.84. The molecule has 0 heterocycles. The number of nitrogens with two attached hydrogens (primary N) is 1. The fourth-order valence-corrected chi connectivity index (χ4v) is 0.572. The van der Waals surface area contributed by atoms with Gasteiger partial charge in [-0.25, -0.2) is 0 Å². The Labute approximate surface area is 56.6 Å². The second-order valence-electron chi connectivity index (χ2n) is 1.73. The summed E-state index contributed by atoms with van der Waals surface area (Å²) in [5.74, 6) is 0. The Kier molecular flexibility index (Phi) is 4.60. The third-order valence-electron chi connectivity index (χ3n) is 0.975. The summed E-state index contributed by atoms with van der Waals surface area (Å²) in [5, 5.41) is 0. The maximum atomic E-state index is 5.28. The molecule has 0 bridgehead atoms. The average Bonchev–Trinajstić information content (AvgIpc) is 1.88. The fourth-order valence-electron chi connectivity index (χ4n) is 0.572. The fraction of sp³-hybridized carbons (Fsp3) is 0.250. The van der Waals surface area contributed by atoms with E-state index in [9.17, 15) is 0 Å². The van der Waals surface area contributed by atoms with Crippen LogP contribution in [0.2, 0.25) is 0 Å². The van der Waals surface area contributed by atoms with Crippen LogP contribution in [0.1, 0.15) is 13.3 Å². The van der Waals surface area contributed by atoms with Crippen LogP contribution in [0, 0.1) is 0 Å². The van der Waals surface area contributed by atoms with Crippen molar-refractivity contribution >= 4 is 0 Å². The van der Waals surface area contributed by atoms with E-state index < -0.39 is 0 Å². The van der Waals surface area contributed by atoms with Crippen molar-refractivity contribution in [3.63, 3.8) is 0 Å². The van der Waals surface area contributed by atoms with Crippen molar-refractivity contribution in [1.82, 2.24) is 0 Å². The normalized spacial score (nSPS) is 12.3. The molecule has 0 rings (SSSR count). The van der Waals surface area contributed by atoms with E-state index in [1.165, 1.54) is 0 Å². The first kappa shape index (κ1) is 8.02. The molecule has 0 fully saturated rings. The maximum Gasteiger partial charge on any atom is -0.00266 e. The Morgan fingerprint density at radius 2 is 2.33 bits per heavy atom. The van der Waals surface area contributed by atoms with E-state index in [-0.39, 0.29) is 0 Å². The molecule has 0 atom stereocenters. The molecule has 9 heavy (non-hydrogen) atoms. The molecule has 0 radical (unpaired) electrons. The van der Waals surface area contributed by atoms with E-state index in [1.807, 2.05) is 25.2 Å². The van der Waals surface area contributed by atoms with E-state index in [0.29, 0.717) is 0 Å². The second kappa shape index (κ2) is 5.16. The molecule has 1 nitrogen and oxygen atoms in total. The van der Waals surface area contributed by atoms with E-state index in [2.05, 4.69) is 6.58 Å². The van der Waals surface area contributed by atoms with E-state index in [0.717, 1.165) is 12.0 Å². The molecule has 2 N–H and O–H groups in total. The summed E-state index contributed by atoms with van der Waals surface area (Å²) in [7, 11) is 0. The smallest absolute Gasteiger partial charge is 0.00266 e. The molecule has 0 spiro atoms. The number of allylic oxidation sites excluding steroid dienone is 4. The van der Waals surface area contributed by atoms with Gasteiger partial charge in [0.25, 0.3) is 0 Å². The van der Waals surface area contributed by atoms with E-state index >= 15 is 0 Å². The van der Waals surface area contributed by atoms with Gasteiger partial charge in [0.05, 0.1) is 0 Å². The molecule has 0 unspecified atom stereocenters. The highest BCUT2D eigenvalue weighted by molar-refractivity contribution is 5.19. The van der Waals surface area contributed by atoms with Crippen molar-refractivity contribution in [3.05, 3.63) is 36.6 Å². The monoisotopic (exact) mass is 123 g/mol. The van der Waals surface area contributed by atoms with Crippen molar-refractivity contribution < 1.29 is 0 Å². The van der Waals surface area contributed by atoms with Crippen LogP contribution in [0.15, 0.2) is 36.6 Å². The highest BCUT2D eigenvalue weighted by Crippen LogP contribution is 2.00. The van der Waals surface area contributed by atoms with Crippen LogP contribution < -0.4 is 5.73 Å². The summed E-state index contributed by atoms with van der Waals surface area (Å²) in [6, 6.07) is 0. The maximum absolute atomic E-state index is 5.28. The minimum Gasteiger partial charge on any atom is -0.404 e. The quantitative estimate of drug-likeness (QED) is 0.450. The zero-order chi connectivity index (χ0) is 7.11. The molecule has 50 valence electrons. The lowest BCUT2D eigenvalue weighted by Crippen LogP contribution is -1.83. The van der Waals surface area contributed by atoms with Gasteiger partial charge in [0, 0.05) is 0 Å². The number of rotatable bonds is 3. The summed E-state index contributed by atoms with van der Waals surface area (Å²) in [6.45, 7) is 5.57. The molecule has 0 aromatic heterocycles. The highest BCUT2D eigenvalue weighted by Gasteiger charge is 1.82. The Hall–Kier alpha value is -0.980. The largest absolute Gasteiger partial charge is 0.404 e. The van der Waals surface area contributed by atoms with Crippen LogP contribution in [0.5, 0.6) is 0 Å². The molecule has 0 saturated heterocycles. The van der Waals surface area contributed by atoms with Gasteiger partial charge in [-0.1, -0.05) is 18.2 Å². The molecule has 1 heteroatoms. The molecular formula is C8H13N. The van der Waals surface area contributed by atoms with Gasteiger partial charge in [-0.05, 0) is 25.1 Å². The SMILES string of the molecule is C=CCC(/C=C\C)=C/N. The molecule has 0 aliphatic carbocycles. The summed E-state index contributed by atoms with van der Waals surface area (Å²) >= 11 is 0. The summed E-state index contributed by atoms with van der Waals surface area (Å²) < 4.78 is 0. The van der Waals surface area contributed by atoms with Gasteiger partial charge in [-0.2, -0.15) is 0 Å². The van der Waals surface area contributed by atoms with Crippen molar-refractivity contribution in [1.29, 1.82) is 0 Å². The van der Waals surface area contributed by atoms with Crippen LogP contribution in [0.4, 0.5) is 0 Å². The Bertz CT molecular complexity index is 132. The average molecular weight is 123 g/mol. The van der Waals surface area contributed by atoms with Gasteiger partial charge in [-0.3, -0.25) is 0 Å². The summed E-state index contributed by atoms with van der Waals surface area (Å²) in [6.07, 6.45) is 8.21. The van der Waals surface area contributed by atoms with Crippen molar-refractivity contribution in [2.45, 2.75) is 13.3 Å². The Morgan fingerprint density at radius 3 is 2.67 bits per heavy atom. The van der Waals surface area contributed by atoms with Crippen LogP contribution in [-0.2, 0) is 0 Å². The second-order valence-corrected chi connectivity index (χ2v) is 1.73. The van der Waals surface area contributed by atoms with Crippen LogP contribution in [0.3, 0.4) is 0 Å². The van der Waals surface area contributed by atoms with Gasteiger partial charge < -0.3 is 5.73 Å². The van der Waals surface area contributed by atoms with E-state index in [1.54, 1.807) is 6.20 Å². The lowest BCUT2D eigenvalue weighted by atomic mass is 10.2. The lowest BCUT2D eigenvalue weighted by Gasteiger charge is -1.91. The van der Waals surface area contributed by atoms with Gasteiger partial charge in [0.2, 0.25) is 0 Å². The molecular weight excluding hydrogens is 110 g/mol. The summed E-state index contributed by atoms with van der Waals surface area (Å²) in [5.41, 5.74) is 6.39. The predicted octanol–water partition coefficient (Wildman–Crippen LogP) is 1.98. The van der Waals surface area contributed by atoms with Gasteiger partial charge in [0.15, 0.2) is 0 Å². The molecule has 0 aromatic carbocycles. The minimum atomic E-state index is 0.848. The van der Waals surface area contributed by atoms with Crippen LogP contribution in [0.25, 0.3) is 0 Å². The Morgan fingerprint density at radius 1 is 1.67 bits per heavy atom. The van der Waals surface area contributed by atoms with Gasteiger partial charge in [0.1, 0.15) is 0 Å².